The third-order valence-electron chi connectivity index (χ3n) is 4.31. The molecule has 0 spiro atoms. The van der Waals surface area contributed by atoms with Crippen molar-refractivity contribution in [1.82, 2.24) is 20.5 Å². The highest BCUT2D eigenvalue weighted by Crippen LogP contribution is 2.22. The first kappa shape index (κ1) is 22.4. The maximum Gasteiger partial charge on any atom is 0.252 e. The summed E-state index contributed by atoms with van der Waals surface area (Å²) in [6, 6.07) is 7.77. The van der Waals surface area contributed by atoms with Crippen LogP contribution in [0.4, 0.5) is 5.00 Å². The standard InChI is InChI=1S/C19H26N6OS.HI/c1-2-21-19(23-9-8-22-18(26)16-5-3-7-20-15-16)25-12-10-24(11-13-25)17-6-4-14-27-17;/h3-7,14-15H,2,8-13H2,1H3,(H,21,23)(H,22,26);1H. The molecule has 7 nitrogen and oxygen atoms in total. The summed E-state index contributed by atoms with van der Waals surface area (Å²) < 4.78 is 0. The molecule has 0 atom stereocenters. The predicted octanol–water partition coefficient (Wildman–Crippen LogP) is 2.28. The van der Waals surface area contributed by atoms with Crippen LogP contribution in [0.1, 0.15) is 17.3 Å². The van der Waals surface area contributed by atoms with Gasteiger partial charge in [-0.05, 0) is 36.6 Å². The predicted molar refractivity (Wildman–Crippen MR) is 126 cm³/mol. The number of hydrogen-bond donors (Lipinski definition) is 2. The van der Waals surface area contributed by atoms with Gasteiger partial charge in [0.2, 0.25) is 0 Å². The van der Waals surface area contributed by atoms with E-state index in [1.165, 1.54) is 5.00 Å². The Bertz CT molecular complexity index is 732. The van der Waals surface area contributed by atoms with E-state index in [1.807, 2.05) is 0 Å². The molecule has 1 aliphatic heterocycles. The van der Waals surface area contributed by atoms with Crippen molar-refractivity contribution in [3.8, 4) is 0 Å². The average molecular weight is 514 g/mol. The van der Waals surface area contributed by atoms with Crippen molar-refractivity contribution < 1.29 is 4.79 Å². The molecule has 1 saturated heterocycles. The van der Waals surface area contributed by atoms with Crippen LogP contribution in [0.2, 0.25) is 0 Å². The van der Waals surface area contributed by atoms with Crippen LogP contribution < -0.4 is 15.5 Å². The Morgan fingerprint density at radius 3 is 2.68 bits per heavy atom. The summed E-state index contributed by atoms with van der Waals surface area (Å²) in [7, 11) is 0. The second-order valence-electron chi connectivity index (χ2n) is 6.16. The molecule has 0 unspecified atom stereocenters. The number of pyridine rings is 1. The van der Waals surface area contributed by atoms with Crippen LogP contribution in [0.3, 0.4) is 0 Å². The number of halogens is 1. The van der Waals surface area contributed by atoms with Crippen LogP contribution in [0, 0.1) is 0 Å². The molecule has 0 aromatic carbocycles. The molecule has 0 radical (unpaired) electrons. The average Bonchev–Trinajstić information content (AvgIpc) is 3.26. The lowest BCUT2D eigenvalue weighted by Crippen LogP contribution is -2.52. The number of carbonyl (C=O) groups is 1. The van der Waals surface area contributed by atoms with E-state index in [4.69, 9.17) is 0 Å². The molecule has 0 aliphatic carbocycles. The van der Waals surface area contributed by atoms with Gasteiger partial charge in [-0.1, -0.05) is 0 Å². The number of amides is 1. The molecule has 0 bridgehead atoms. The van der Waals surface area contributed by atoms with Gasteiger partial charge in [0.15, 0.2) is 5.96 Å². The molecule has 3 heterocycles. The summed E-state index contributed by atoms with van der Waals surface area (Å²) in [5.41, 5.74) is 0.568. The normalized spacial score (nSPS) is 14.4. The Morgan fingerprint density at radius 2 is 2.04 bits per heavy atom. The van der Waals surface area contributed by atoms with E-state index in [1.54, 1.807) is 35.9 Å². The number of nitrogens with zero attached hydrogens (tertiary/aromatic N) is 4. The lowest BCUT2D eigenvalue weighted by Gasteiger charge is -2.37. The summed E-state index contributed by atoms with van der Waals surface area (Å²) in [4.78, 5) is 25.4. The number of carbonyl (C=O) groups excluding carboxylic acids is 1. The maximum atomic E-state index is 12.0. The van der Waals surface area contributed by atoms with Gasteiger partial charge in [-0.15, -0.1) is 35.3 Å². The van der Waals surface area contributed by atoms with Crippen molar-refractivity contribution in [3.63, 3.8) is 0 Å². The van der Waals surface area contributed by atoms with Crippen molar-refractivity contribution in [2.45, 2.75) is 6.92 Å². The molecule has 2 aromatic rings. The van der Waals surface area contributed by atoms with E-state index in [9.17, 15) is 4.79 Å². The van der Waals surface area contributed by atoms with Crippen molar-refractivity contribution in [1.29, 1.82) is 0 Å². The SMILES string of the molecule is CCNC(=NCCNC(=O)c1cccnc1)N1CCN(c2cccs2)CC1.I. The fourth-order valence-electron chi connectivity index (χ4n) is 2.94. The molecule has 9 heteroatoms. The summed E-state index contributed by atoms with van der Waals surface area (Å²) in [5, 5.41) is 9.69. The summed E-state index contributed by atoms with van der Waals surface area (Å²) >= 11 is 1.78. The zero-order valence-corrected chi connectivity index (χ0v) is 19.2. The van der Waals surface area contributed by atoms with Crippen LogP contribution in [0.5, 0.6) is 0 Å². The van der Waals surface area contributed by atoms with Gasteiger partial charge in [0.25, 0.3) is 5.91 Å². The fourth-order valence-corrected chi connectivity index (χ4v) is 3.73. The van der Waals surface area contributed by atoms with Crippen LogP contribution >= 0.6 is 35.3 Å². The number of thiophene rings is 1. The number of guanidine groups is 1. The van der Waals surface area contributed by atoms with E-state index >= 15 is 0 Å². The van der Waals surface area contributed by atoms with Gasteiger partial charge in [0.05, 0.1) is 17.1 Å². The molecule has 0 saturated carbocycles. The fraction of sp³-hybridized carbons (Fsp3) is 0.421. The van der Waals surface area contributed by atoms with Gasteiger partial charge in [-0.2, -0.15) is 0 Å². The third-order valence-corrected chi connectivity index (χ3v) is 5.24. The number of piperazine rings is 1. The van der Waals surface area contributed by atoms with E-state index < -0.39 is 0 Å². The highest BCUT2D eigenvalue weighted by molar-refractivity contribution is 14.0. The first-order valence-electron chi connectivity index (χ1n) is 9.28. The Labute approximate surface area is 187 Å². The van der Waals surface area contributed by atoms with E-state index in [0.717, 1.165) is 38.7 Å². The quantitative estimate of drug-likeness (QED) is 0.268. The summed E-state index contributed by atoms with van der Waals surface area (Å²) in [5.74, 6) is 0.798. The molecule has 1 amide bonds. The molecular weight excluding hydrogens is 487 g/mol. The number of nitrogens with one attached hydrogen (secondary N) is 2. The molecule has 1 aliphatic rings. The summed E-state index contributed by atoms with van der Waals surface area (Å²) in [6.07, 6.45) is 3.22. The number of hydrogen-bond acceptors (Lipinski definition) is 5. The Hall–Kier alpha value is -1.88. The number of rotatable bonds is 6. The van der Waals surface area contributed by atoms with Crippen LogP contribution in [0.25, 0.3) is 0 Å². The molecule has 152 valence electrons. The van der Waals surface area contributed by atoms with E-state index in [-0.39, 0.29) is 29.9 Å². The van der Waals surface area contributed by atoms with Crippen molar-refractivity contribution in [2.24, 2.45) is 4.99 Å². The van der Waals surface area contributed by atoms with Gasteiger partial charge in [-0.25, -0.2) is 0 Å². The molecule has 2 N–H and O–H groups in total. The highest BCUT2D eigenvalue weighted by atomic mass is 127. The minimum Gasteiger partial charge on any atom is -0.360 e. The largest absolute Gasteiger partial charge is 0.360 e. The lowest BCUT2D eigenvalue weighted by atomic mass is 10.3. The second kappa shape index (κ2) is 11.8. The van der Waals surface area contributed by atoms with Gasteiger partial charge in [0.1, 0.15) is 0 Å². The van der Waals surface area contributed by atoms with Gasteiger partial charge in [-0.3, -0.25) is 14.8 Å². The van der Waals surface area contributed by atoms with Gasteiger partial charge in [0, 0.05) is 51.7 Å². The first-order valence-corrected chi connectivity index (χ1v) is 10.2. The minimum absolute atomic E-state index is 0. The molecule has 3 rings (SSSR count). The zero-order chi connectivity index (χ0) is 18.9. The van der Waals surface area contributed by atoms with E-state index in [2.05, 4.69) is 54.8 Å². The Balaban J connectivity index is 0.00000280. The van der Waals surface area contributed by atoms with Crippen LogP contribution in [-0.4, -0.2) is 67.6 Å². The second-order valence-corrected chi connectivity index (χ2v) is 7.08. The third kappa shape index (κ3) is 6.33. The van der Waals surface area contributed by atoms with Crippen molar-refractivity contribution in [3.05, 3.63) is 47.6 Å². The van der Waals surface area contributed by atoms with Gasteiger partial charge >= 0.3 is 0 Å². The Kier molecular flexibility index (Phi) is 9.48. The zero-order valence-electron chi connectivity index (χ0n) is 16.0. The smallest absolute Gasteiger partial charge is 0.252 e. The van der Waals surface area contributed by atoms with Crippen molar-refractivity contribution >= 4 is 52.2 Å². The number of anilines is 1. The van der Waals surface area contributed by atoms with Crippen molar-refractivity contribution in [2.75, 3.05) is 50.7 Å². The minimum atomic E-state index is -0.118. The maximum absolute atomic E-state index is 12.0. The van der Waals surface area contributed by atoms with Crippen LogP contribution in [-0.2, 0) is 0 Å². The molecule has 2 aromatic heterocycles. The highest BCUT2D eigenvalue weighted by Gasteiger charge is 2.20. The van der Waals surface area contributed by atoms with E-state index in [0.29, 0.717) is 18.7 Å². The molecule has 1 fully saturated rings. The monoisotopic (exact) mass is 514 g/mol. The van der Waals surface area contributed by atoms with Gasteiger partial charge < -0.3 is 20.4 Å². The number of aliphatic imine (C=N–C) groups is 1. The molecular formula is C19H27IN6OS. The topological polar surface area (TPSA) is 72.9 Å². The number of aromatic nitrogens is 1. The Morgan fingerprint density at radius 1 is 1.21 bits per heavy atom. The van der Waals surface area contributed by atoms with Crippen LogP contribution in [0.15, 0.2) is 47.0 Å². The summed E-state index contributed by atoms with van der Waals surface area (Å²) in [6.45, 7) is 7.79. The molecule has 28 heavy (non-hydrogen) atoms. The lowest BCUT2D eigenvalue weighted by molar-refractivity contribution is 0.0954. The first-order chi connectivity index (χ1) is 13.3.